The molecule has 0 aliphatic heterocycles. The van der Waals surface area contributed by atoms with Gasteiger partial charge in [0.2, 0.25) is 5.78 Å². The van der Waals surface area contributed by atoms with Gasteiger partial charge in [-0.25, -0.2) is 0 Å². The molecule has 2 rings (SSSR count). The highest BCUT2D eigenvalue weighted by atomic mass is 32.1. The monoisotopic (exact) mass is 261 g/mol. The van der Waals surface area contributed by atoms with Gasteiger partial charge in [0, 0.05) is 18.0 Å². The second kappa shape index (κ2) is 4.54. The van der Waals surface area contributed by atoms with E-state index in [1.807, 2.05) is 12.1 Å². The SMILES string of the molecule is C[Si](C)(C)c1ccc(C(=O)c2cccnc2)s1. The van der Waals surface area contributed by atoms with E-state index in [0.717, 1.165) is 4.88 Å². The summed E-state index contributed by atoms with van der Waals surface area (Å²) < 4.78 is 1.37. The van der Waals surface area contributed by atoms with Crippen molar-refractivity contribution in [2.24, 2.45) is 0 Å². The van der Waals surface area contributed by atoms with Crippen molar-refractivity contribution in [2.75, 3.05) is 0 Å². The molecular formula is C13H15NOSSi. The number of nitrogens with zero attached hydrogens (tertiary/aromatic N) is 1. The van der Waals surface area contributed by atoms with Crippen LogP contribution in [0.25, 0.3) is 0 Å². The number of ketones is 1. The molecule has 0 bridgehead atoms. The van der Waals surface area contributed by atoms with Crippen molar-refractivity contribution in [2.45, 2.75) is 19.6 Å². The number of thiophene rings is 1. The largest absolute Gasteiger partial charge is 0.288 e. The topological polar surface area (TPSA) is 30.0 Å². The van der Waals surface area contributed by atoms with Crippen molar-refractivity contribution in [3.8, 4) is 0 Å². The van der Waals surface area contributed by atoms with Crippen molar-refractivity contribution < 1.29 is 4.79 Å². The summed E-state index contributed by atoms with van der Waals surface area (Å²) in [5, 5.41) is 0. The first-order chi connectivity index (χ1) is 7.98. The third-order valence-corrected chi connectivity index (χ3v) is 7.18. The number of rotatable bonds is 3. The molecule has 2 nitrogen and oxygen atoms in total. The molecule has 0 amide bonds. The Morgan fingerprint density at radius 2 is 2.00 bits per heavy atom. The molecule has 0 atom stereocenters. The van der Waals surface area contributed by atoms with E-state index in [9.17, 15) is 4.79 Å². The molecule has 0 spiro atoms. The zero-order valence-corrected chi connectivity index (χ0v) is 12.0. The zero-order chi connectivity index (χ0) is 12.5. The van der Waals surface area contributed by atoms with E-state index in [4.69, 9.17) is 0 Å². The number of carbonyl (C=O) groups is 1. The summed E-state index contributed by atoms with van der Waals surface area (Å²) in [5.41, 5.74) is 0.663. The van der Waals surface area contributed by atoms with E-state index in [1.54, 1.807) is 29.8 Å². The zero-order valence-electron chi connectivity index (χ0n) is 10.2. The predicted molar refractivity (Wildman–Crippen MR) is 75.0 cm³/mol. The number of carbonyl (C=O) groups excluding carboxylic acids is 1. The average Bonchev–Trinajstić information content (AvgIpc) is 2.78. The minimum atomic E-state index is -1.31. The van der Waals surface area contributed by atoms with Gasteiger partial charge in [0.25, 0.3) is 0 Å². The van der Waals surface area contributed by atoms with E-state index in [2.05, 4.69) is 30.7 Å². The van der Waals surface area contributed by atoms with Crippen LogP contribution in [0.5, 0.6) is 0 Å². The second-order valence-electron chi connectivity index (χ2n) is 4.98. The van der Waals surface area contributed by atoms with Crippen LogP contribution in [0.15, 0.2) is 36.7 Å². The molecule has 0 radical (unpaired) electrons. The third-order valence-electron chi connectivity index (χ3n) is 2.49. The number of aromatic nitrogens is 1. The number of hydrogen-bond donors (Lipinski definition) is 0. The Labute approximate surface area is 106 Å². The minimum Gasteiger partial charge on any atom is -0.288 e. The lowest BCUT2D eigenvalue weighted by atomic mass is 10.2. The Hall–Kier alpha value is -1.26. The lowest BCUT2D eigenvalue weighted by Crippen LogP contribution is -2.34. The van der Waals surface area contributed by atoms with Gasteiger partial charge in [0.15, 0.2) is 0 Å². The fourth-order valence-corrected chi connectivity index (χ4v) is 4.36. The molecule has 0 unspecified atom stereocenters. The maximum Gasteiger partial charge on any atom is 0.204 e. The Kier molecular flexibility index (Phi) is 3.26. The first kappa shape index (κ1) is 12.2. The Bertz CT molecular complexity index is 528. The van der Waals surface area contributed by atoms with Crippen LogP contribution >= 0.6 is 11.3 Å². The number of pyridine rings is 1. The van der Waals surface area contributed by atoms with Gasteiger partial charge in [-0.1, -0.05) is 25.7 Å². The number of hydrogen-bond acceptors (Lipinski definition) is 3. The van der Waals surface area contributed by atoms with Crippen molar-refractivity contribution in [1.29, 1.82) is 0 Å². The van der Waals surface area contributed by atoms with Gasteiger partial charge < -0.3 is 0 Å². The molecule has 0 N–H and O–H groups in total. The van der Waals surface area contributed by atoms with Gasteiger partial charge in [-0.2, -0.15) is 0 Å². The van der Waals surface area contributed by atoms with Crippen LogP contribution in [0, 0.1) is 0 Å². The molecule has 17 heavy (non-hydrogen) atoms. The van der Waals surface area contributed by atoms with Crippen LogP contribution in [0.3, 0.4) is 0 Å². The lowest BCUT2D eigenvalue weighted by molar-refractivity contribution is 0.104. The normalized spacial score (nSPS) is 11.5. The Morgan fingerprint density at radius 1 is 1.24 bits per heavy atom. The second-order valence-corrected chi connectivity index (χ2v) is 11.5. The van der Waals surface area contributed by atoms with Gasteiger partial charge in [-0.15, -0.1) is 11.3 Å². The van der Waals surface area contributed by atoms with Crippen molar-refractivity contribution in [3.05, 3.63) is 47.1 Å². The Morgan fingerprint density at radius 3 is 2.53 bits per heavy atom. The van der Waals surface area contributed by atoms with Gasteiger partial charge in [0.1, 0.15) is 0 Å². The summed E-state index contributed by atoms with van der Waals surface area (Å²) in [5.74, 6) is 0.0765. The quantitative estimate of drug-likeness (QED) is 0.628. The molecule has 0 aliphatic rings. The molecular weight excluding hydrogens is 246 g/mol. The highest BCUT2D eigenvalue weighted by molar-refractivity contribution is 7.27. The van der Waals surface area contributed by atoms with Crippen LogP contribution < -0.4 is 4.50 Å². The highest BCUT2D eigenvalue weighted by Gasteiger charge is 2.20. The average molecular weight is 261 g/mol. The fourth-order valence-electron chi connectivity index (χ4n) is 1.50. The van der Waals surface area contributed by atoms with Crippen LogP contribution in [0.1, 0.15) is 15.2 Å². The van der Waals surface area contributed by atoms with Crippen molar-refractivity contribution >= 4 is 29.7 Å². The molecule has 0 saturated carbocycles. The molecule has 2 heterocycles. The highest BCUT2D eigenvalue weighted by Crippen LogP contribution is 2.16. The van der Waals surface area contributed by atoms with E-state index in [-0.39, 0.29) is 5.78 Å². The van der Waals surface area contributed by atoms with Gasteiger partial charge in [-0.3, -0.25) is 9.78 Å². The molecule has 0 aromatic carbocycles. The van der Waals surface area contributed by atoms with Crippen LogP contribution in [-0.4, -0.2) is 18.8 Å². The fraction of sp³-hybridized carbons (Fsp3) is 0.231. The molecule has 4 heteroatoms. The van der Waals surface area contributed by atoms with Crippen LogP contribution in [-0.2, 0) is 0 Å². The predicted octanol–water partition coefficient (Wildman–Crippen LogP) is 2.92. The molecule has 88 valence electrons. The van der Waals surface area contributed by atoms with E-state index < -0.39 is 8.07 Å². The van der Waals surface area contributed by atoms with Crippen molar-refractivity contribution in [1.82, 2.24) is 4.98 Å². The first-order valence-electron chi connectivity index (χ1n) is 5.53. The molecule has 2 aromatic rings. The molecule has 0 aliphatic carbocycles. The van der Waals surface area contributed by atoms with E-state index in [1.165, 1.54) is 4.50 Å². The summed E-state index contributed by atoms with van der Waals surface area (Å²) in [7, 11) is -1.31. The molecule has 0 saturated heterocycles. The summed E-state index contributed by atoms with van der Waals surface area (Å²) in [6.45, 7) is 6.87. The van der Waals surface area contributed by atoms with Gasteiger partial charge in [0.05, 0.1) is 13.0 Å². The van der Waals surface area contributed by atoms with E-state index >= 15 is 0 Å². The van der Waals surface area contributed by atoms with Gasteiger partial charge >= 0.3 is 0 Å². The molecule has 0 fully saturated rings. The summed E-state index contributed by atoms with van der Waals surface area (Å²) in [4.78, 5) is 17.0. The molecule has 2 aromatic heterocycles. The smallest absolute Gasteiger partial charge is 0.204 e. The summed E-state index contributed by atoms with van der Waals surface area (Å²) in [6.07, 6.45) is 3.30. The van der Waals surface area contributed by atoms with E-state index in [0.29, 0.717) is 5.56 Å². The maximum absolute atomic E-state index is 12.2. The summed E-state index contributed by atoms with van der Waals surface area (Å²) in [6, 6.07) is 7.64. The maximum atomic E-state index is 12.2. The first-order valence-corrected chi connectivity index (χ1v) is 9.85. The minimum absolute atomic E-state index is 0.0765. The summed E-state index contributed by atoms with van der Waals surface area (Å²) >= 11 is 1.63. The van der Waals surface area contributed by atoms with Crippen molar-refractivity contribution in [3.63, 3.8) is 0 Å². The van der Waals surface area contributed by atoms with Crippen LogP contribution in [0.2, 0.25) is 19.6 Å². The third kappa shape index (κ3) is 2.70. The van der Waals surface area contributed by atoms with Gasteiger partial charge in [-0.05, 0) is 22.7 Å². The standard InChI is InChI=1S/C13H15NOSSi/c1-17(2,3)12-7-6-11(16-12)13(15)10-5-4-8-14-9-10/h4-9H,1-3H3. The lowest BCUT2D eigenvalue weighted by Gasteiger charge is -2.12. The van der Waals surface area contributed by atoms with Crippen LogP contribution in [0.4, 0.5) is 0 Å². The Balaban J connectivity index is 2.30.